The molecule has 0 fully saturated rings. The minimum absolute atomic E-state index is 0. The summed E-state index contributed by atoms with van der Waals surface area (Å²) in [5, 5.41) is 0. The van der Waals surface area contributed by atoms with Gasteiger partial charge in [-0.05, 0) is 30.4 Å². The standard InChI is InChI=1S/C9H10.Hg/c1-2-5-9-7-3-6-8(9)4-1;/h1-2,4-5H,3,6-7H2;. The fraction of sp³-hybridized carbons (Fsp3) is 0.333. The summed E-state index contributed by atoms with van der Waals surface area (Å²) in [7, 11) is 0. The molecule has 1 aromatic rings. The first-order valence-electron chi connectivity index (χ1n) is 3.53. The third kappa shape index (κ3) is 1.42. The number of rotatable bonds is 0. The third-order valence-electron chi connectivity index (χ3n) is 2.01. The summed E-state index contributed by atoms with van der Waals surface area (Å²) in [6.45, 7) is 0. The molecule has 0 radical (unpaired) electrons. The number of hydrogen-bond donors (Lipinski definition) is 0. The Kier molecular flexibility index (Phi) is 2.90. The molecule has 0 unspecified atom stereocenters. The molecular formula is C9H10Hg. The van der Waals surface area contributed by atoms with E-state index in [1.165, 1.54) is 19.3 Å². The Morgan fingerprint density at radius 2 is 1.40 bits per heavy atom. The van der Waals surface area contributed by atoms with Crippen LogP contribution in [0.1, 0.15) is 17.5 Å². The van der Waals surface area contributed by atoms with Crippen LogP contribution in [-0.4, -0.2) is 0 Å². The Morgan fingerprint density at radius 1 is 0.900 bits per heavy atom. The van der Waals surface area contributed by atoms with Crippen LogP contribution in [-0.2, 0) is 40.5 Å². The molecule has 0 atom stereocenters. The Hall–Kier alpha value is 0.155. The molecule has 10 heavy (non-hydrogen) atoms. The zero-order chi connectivity index (χ0) is 6.10. The molecular weight excluding hydrogens is 309 g/mol. The number of aryl methyl sites for hydroxylation is 2. The quantitative estimate of drug-likeness (QED) is 0.643. The molecule has 48 valence electrons. The van der Waals surface area contributed by atoms with E-state index < -0.39 is 0 Å². The second kappa shape index (κ2) is 3.52. The van der Waals surface area contributed by atoms with Crippen LogP contribution < -0.4 is 0 Å². The molecule has 0 spiro atoms. The van der Waals surface area contributed by atoms with Gasteiger partial charge in [0.05, 0.1) is 0 Å². The second-order valence-corrected chi connectivity index (χ2v) is 2.62. The summed E-state index contributed by atoms with van der Waals surface area (Å²) in [6.07, 6.45) is 3.96. The summed E-state index contributed by atoms with van der Waals surface area (Å²) in [5.41, 5.74) is 3.13. The van der Waals surface area contributed by atoms with Gasteiger partial charge >= 0.3 is 0 Å². The van der Waals surface area contributed by atoms with E-state index >= 15 is 0 Å². The monoisotopic (exact) mass is 320 g/mol. The van der Waals surface area contributed by atoms with Gasteiger partial charge in [0, 0.05) is 27.7 Å². The molecule has 0 saturated carbocycles. The van der Waals surface area contributed by atoms with E-state index in [1.54, 1.807) is 11.1 Å². The van der Waals surface area contributed by atoms with Crippen molar-refractivity contribution < 1.29 is 27.7 Å². The van der Waals surface area contributed by atoms with Crippen molar-refractivity contribution in [3.05, 3.63) is 35.4 Å². The fourth-order valence-electron chi connectivity index (χ4n) is 1.51. The van der Waals surface area contributed by atoms with Gasteiger partial charge in [-0.25, -0.2) is 0 Å². The van der Waals surface area contributed by atoms with Crippen molar-refractivity contribution >= 4 is 0 Å². The molecule has 0 heterocycles. The minimum Gasteiger partial charge on any atom is -0.0620 e. The Labute approximate surface area is 82.2 Å². The average Bonchev–Trinajstić information content (AvgIpc) is 2.33. The molecule has 0 amide bonds. The van der Waals surface area contributed by atoms with Crippen molar-refractivity contribution in [3.8, 4) is 0 Å². The van der Waals surface area contributed by atoms with E-state index in [0.29, 0.717) is 0 Å². The smallest absolute Gasteiger partial charge is 0 e. The predicted molar refractivity (Wildman–Crippen MR) is 38.5 cm³/mol. The largest absolute Gasteiger partial charge is 0.0620 e. The predicted octanol–water partition coefficient (Wildman–Crippen LogP) is 2.17. The molecule has 0 nitrogen and oxygen atoms in total. The van der Waals surface area contributed by atoms with E-state index in [-0.39, 0.29) is 27.7 Å². The first kappa shape index (κ1) is 8.25. The van der Waals surface area contributed by atoms with E-state index in [0.717, 1.165) is 0 Å². The zero-order valence-corrected chi connectivity index (χ0v) is 11.6. The number of fused-ring (bicyclic) bond motifs is 1. The van der Waals surface area contributed by atoms with Gasteiger partial charge in [-0.1, -0.05) is 24.3 Å². The summed E-state index contributed by atoms with van der Waals surface area (Å²) >= 11 is 0. The first-order valence-corrected chi connectivity index (χ1v) is 3.53. The molecule has 0 bridgehead atoms. The van der Waals surface area contributed by atoms with Crippen LogP contribution in [0.2, 0.25) is 0 Å². The van der Waals surface area contributed by atoms with E-state index in [2.05, 4.69) is 24.3 Å². The maximum atomic E-state index is 2.24. The van der Waals surface area contributed by atoms with E-state index in [4.69, 9.17) is 0 Å². The second-order valence-electron chi connectivity index (χ2n) is 2.62. The maximum absolute atomic E-state index is 2.24. The van der Waals surface area contributed by atoms with Crippen LogP contribution >= 0.6 is 0 Å². The SMILES string of the molecule is [Hg].c1ccc2c(c1)CCC2. The van der Waals surface area contributed by atoms with Gasteiger partial charge in [0.2, 0.25) is 0 Å². The van der Waals surface area contributed by atoms with Gasteiger partial charge in [-0.15, -0.1) is 0 Å². The van der Waals surface area contributed by atoms with Crippen molar-refractivity contribution in [2.24, 2.45) is 0 Å². The molecule has 0 N–H and O–H groups in total. The minimum atomic E-state index is 0. The maximum Gasteiger partial charge on any atom is 0 e. The fourth-order valence-corrected chi connectivity index (χ4v) is 1.51. The molecule has 1 heteroatoms. The normalized spacial score (nSPS) is 14.0. The molecule has 2 rings (SSSR count). The Morgan fingerprint density at radius 3 is 1.90 bits per heavy atom. The number of hydrogen-bond acceptors (Lipinski definition) is 0. The van der Waals surface area contributed by atoms with Crippen LogP contribution in [0, 0.1) is 0 Å². The first-order chi connectivity index (χ1) is 4.47. The van der Waals surface area contributed by atoms with Crippen LogP contribution in [0.3, 0.4) is 0 Å². The van der Waals surface area contributed by atoms with Gasteiger partial charge < -0.3 is 0 Å². The molecule has 0 saturated heterocycles. The van der Waals surface area contributed by atoms with Gasteiger partial charge in [0.25, 0.3) is 0 Å². The molecule has 1 aliphatic carbocycles. The van der Waals surface area contributed by atoms with Crippen molar-refractivity contribution in [2.75, 3.05) is 0 Å². The Balaban J connectivity index is 0.000000500. The average molecular weight is 319 g/mol. The molecule has 0 aliphatic heterocycles. The van der Waals surface area contributed by atoms with Crippen molar-refractivity contribution in [2.45, 2.75) is 19.3 Å². The van der Waals surface area contributed by atoms with Gasteiger partial charge in [0.1, 0.15) is 0 Å². The molecule has 0 aromatic heterocycles. The Bertz CT molecular complexity index is 195. The summed E-state index contributed by atoms with van der Waals surface area (Å²) in [5.74, 6) is 0. The summed E-state index contributed by atoms with van der Waals surface area (Å²) < 4.78 is 0. The van der Waals surface area contributed by atoms with Crippen molar-refractivity contribution in [3.63, 3.8) is 0 Å². The van der Waals surface area contributed by atoms with Crippen LogP contribution in [0.5, 0.6) is 0 Å². The number of benzene rings is 1. The van der Waals surface area contributed by atoms with Gasteiger partial charge in [0.15, 0.2) is 0 Å². The van der Waals surface area contributed by atoms with Crippen molar-refractivity contribution in [1.29, 1.82) is 0 Å². The van der Waals surface area contributed by atoms with Crippen LogP contribution in [0.25, 0.3) is 0 Å². The molecule has 1 aliphatic rings. The third-order valence-corrected chi connectivity index (χ3v) is 2.01. The molecule has 1 aromatic carbocycles. The van der Waals surface area contributed by atoms with E-state index in [1.807, 2.05) is 0 Å². The van der Waals surface area contributed by atoms with Crippen LogP contribution in [0.15, 0.2) is 24.3 Å². The van der Waals surface area contributed by atoms with Gasteiger partial charge in [-0.2, -0.15) is 0 Å². The summed E-state index contributed by atoms with van der Waals surface area (Å²) in [4.78, 5) is 0. The van der Waals surface area contributed by atoms with Gasteiger partial charge in [-0.3, -0.25) is 0 Å². The topological polar surface area (TPSA) is 0 Å². The van der Waals surface area contributed by atoms with Crippen molar-refractivity contribution in [1.82, 2.24) is 0 Å². The summed E-state index contributed by atoms with van der Waals surface area (Å²) in [6, 6.07) is 8.74. The van der Waals surface area contributed by atoms with Crippen LogP contribution in [0.4, 0.5) is 0 Å². The van der Waals surface area contributed by atoms with E-state index in [9.17, 15) is 0 Å². The zero-order valence-electron chi connectivity index (χ0n) is 6.14.